The van der Waals surface area contributed by atoms with Crippen molar-refractivity contribution >= 4 is 24.9 Å². The Morgan fingerprint density at radius 1 is 1.00 bits per heavy atom. The Bertz CT molecular complexity index is 628. The third-order valence-electron chi connectivity index (χ3n) is 3.11. The molecule has 0 heterocycles. The summed E-state index contributed by atoms with van der Waals surface area (Å²) < 4.78 is 23.1. The van der Waals surface area contributed by atoms with E-state index in [0.29, 0.717) is 10.7 Å². The fourth-order valence-corrected chi connectivity index (χ4v) is 3.59. The number of rotatable bonds is 6. The van der Waals surface area contributed by atoms with Gasteiger partial charge in [-0.25, -0.2) is 0 Å². The lowest BCUT2D eigenvalue weighted by Gasteiger charge is -2.26. The highest BCUT2D eigenvalue weighted by atomic mass is 35.5. The lowest BCUT2D eigenvalue weighted by molar-refractivity contribution is 0.268. The van der Waals surface area contributed by atoms with Crippen LogP contribution in [0.25, 0.3) is 0 Å². The van der Waals surface area contributed by atoms with E-state index in [9.17, 15) is 4.57 Å². The minimum Gasteiger partial charge on any atom is -0.367 e. The van der Waals surface area contributed by atoms with Crippen molar-refractivity contribution in [2.75, 3.05) is 19.5 Å². The molecule has 0 aliphatic rings. The number of nitrogens with one attached hydrogen (secondary N) is 1. The Labute approximate surface area is 129 Å². The molecule has 0 saturated heterocycles. The number of para-hydroxylation sites is 1. The molecule has 112 valence electrons. The van der Waals surface area contributed by atoms with E-state index in [-0.39, 0.29) is 0 Å². The molecule has 0 aliphatic heterocycles. The van der Waals surface area contributed by atoms with Crippen molar-refractivity contribution in [2.45, 2.75) is 5.78 Å². The highest BCUT2D eigenvalue weighted by Crippen LogP contribution is 2.59. The molecule has 2 aromatic rings. The second kappa shape index (κ2) is 7.10. The van der Waals surface area contributed by atoms with E-state index in [2.05, 4.69) is 5.32 Å². The molecular weight excluding hydrogens is 309 g/mol. The average molecular weight is 326 g/mol. The normalized spacial score (nSPS) is 12.9. The van der Waals surface area contributed by atoms with Crippen LogP contribution >= 0.6 is 19.2 Å². The van der Waals surface area contributed by atoms with Gasteiger partial charge in [0, 0.05) is 14.2 Å². The van der Waals surface area contributed by atoms with E-state index in [0.717, 1.165) is 5.56 Å². The third kappa shape index (κ3) is 3.66. The smallest absolute Gasteiger partial charge is 0.356 e. The maximum absolute atomic E-state index is 12.8. The molecule has 0 amide bonds. The predicted octanol–water partition coefficient (Wildman–Crippen LogP) is 4.94. The van der Waals surface area contributed by atoms with Crippen LogP contribution in [0.3, 0.4) is 0 Å². The number of hydrogen-bond donors (Lipinski definition) is 1. The maximum Gasteiger partial charge on any atom is 0.356 e. The second-order valence-electron chi connectivity index (χ2n) is 4.34. The van der Waals surface area contributed by atoms with Crippen LogP contribution < -0.4 is 5.32 Å². The van der Waals surface area contributed by atoms with Crippen LogP contribution in [0.4, 0.5) is 5.69 Å². The van der Waals surface area contributed by atoms with E-state index >= 15 is 0 Å². The quantitative estimate of drug-likeness (QED) is 0.764. The lowest BCUT2D eigenvalue weighted by atomic mass is 10.2. The van der Waals surface area contributed by atoms with Gasteiger partial charge < -0.3 is 14.4 Å². The summed E-state index contributed by atoms with van der Waals surface area (Å²) in [7, 11) is -0.629. The molecule has 0 radical (unpaired) electrons. The summed E-state index contributed by atoms with van der Waals surface area (Å²) in [6.07, 6.45) is 0. The van der Waals surface area contributed by atoms with Gasteiger partial charge >= 0.3 is 7.60 Å². The molecule has 0 aliphatic carbocycles. The summed E-state index contributed by atoms with van der Waals surface area (Å²) >= 11 is 6.16. The molecule has 0 bridgehead atoms. The minimum atomic E-state index is -3.37. The Morgan fingerprint density at radius 2 is 1.57 bits per heavy atom. The van der Waals surface area contributed by atoms with Crippen LogP contribution in [0, 0.1) is 0 Å². The van der Waals surface area contributed by atoms with Crippen molar-refractivity contribution in [1.29, 1.82) is 0 Å². The predicted molar refractivity (Wildman–Crippen MR) is 85.9 cm³/mol. The summed E-state index contributed by atoms with van der Waals surface area (Å²) in [5, 5.41) is 3.70. The monoisotopic (exact) mass is 325 g/mol. The van der Waals surface area contributed by atoms with Gasteiger partial charge in [0.2, 0.25) is 0 Å². The summed E-state index contributed by atoms with van der Waals surface area (Å²) in [4.78, 5) is 0. The standard InChI is InChI=1S/C15H17ClNO3P/c1-19-21(18,20-2)15(12-8-4-3-5-9-12)17-14-11-7-6-10-13(14)16/h3-11,15,17H,1-2H3. The van der Waals surface area contributed by atoms with E-state index in [1.807, 2.05) is 48.5 Å². The van der Waals surface area contributed by atoms with Crippen LogP contribution in [0.15, 0.2) is 54.6 Å². The highest BCUT2D eigenvalue weighted by Gasteiger charge is 2.35. The van der Waals surface area contributed by atoms with Crippen LogP contribution in [0.2, 0.25) is 5.02 Å². The first kappa shape index (κ1) is 16.1. The van der Waals surface area contributed by atoms with Crippen molar-refractivity contribution in [1.82, 2.24) is 0 Å². The number of anilines is 1. The molecule has 1 atom stereocenters. The highest BCUT2D eigenvalue weighted by molar-refractivity contribution is 7.54. The molecule has 0 saturated carbocycles. The molecule has 21 heavy (non-hydrogen) atoms. The largest absolute Gasteiger partial charge is 0.367 e. The fraction of sp³-hybridized carbons (Fsp3) is 0.200. The Balaban J connectivity index is 2.42. The SMILES string of the molecule is COP(=O)(OC)C(Nc1ccccc1Cl)c1ccccc1. The molecule has 4 nitrogen and oxygen atoms in total. The number of hydrogen-bond acceptors (Lipinski definition) is 4. The summed E-state index contributed by atoms with van der Waals surface area (Å²) in [5.41, 5.74) is 1.46. The maximum atomic E-state index is 12.8. The van der Waals surface area contributed by atoms with Gasteiger partial charge in [0.15, 0.2) is 5.78 Å². The molecule has 0 fully saturated rings. The first-order chi connectivity index (χ1) is 10.1. The Hall–Kier alpha value is -1.32. The second-order valence-corrected chi connectivity index (χ2v) is 7.08. The van der Waals surface area contributed by atoms with Gasteiger partial charge in [0.1, 0.15) is 0 Å². The zero-order valence-electron chi connectivity index (χ0n) is 11.8. The fourth-order valence-electron chi connectivity index (χ4n) is 1.99. The van der Waals surface area contributed by atoms with Crippen molar-refractivity contribution in [2.24, 2.45) is 0 Å². The Kier molecular flexibility index (Phi) is 5.43. The lowest BCUT2D eigenvalue weighted by Crippen LogP contribution is -2.13. The van der Waals surface area contributed by atoms with Gasteiger partial charge in [0.05, 0.1) is 10.7 Å². The van der Waals surface area contributed by atoms with E-state index < -0.39 is 13.4 Å². The molecular formula is C15H17ClNO3P. The summed E-state index contributed by atoms with van der Waals surface area (Å²) in [5.74, 6) is -0.645. The third-order valence-corrected chi connectivity index (χ3v) is 5.51. The Morgan fingerprint density at radius 3 is 2.14 bits per heavy atom. The zero-order chi connectivity index (χ0) is 15.3. The zero-order valence-corrected chi connectivity index (χ0v) is 13.5. The molecule has 1 unspecified atom stereocenters. The van der Waals surface area contributed by atoms with Gasteiger partial charge in [0.25, 0.3) is 0 Å². The first-order valence-electron chi connectivity index (χ1n) is 6.38. The van der Waals surface area contributed by atoms with Crippen molar-refractivity contribution in [3.63, 3.8) is 0 Å². The van der Waals surface area contributed by atoms with Gasteiger partial charge in [-0.2, -0.15) is 0 Å². The molecule has 1 N–H and O–H groups in total. The van der Waals surface area contributed by atoms with Crippen LogP contribution in [-0.4, -0.2) is 14.2 Å². The van der Waals surface area contributed by atoms with Crippen molar-refractivity contribution in [3.8, 4) is 0 Å². The van der Waals surface area contributed by atoms with Gasteiger partial charge in [-0.05, 0) is 17.7 Å². The van der Waals surface area contributed by atoms with Gasteiger partial charge in [-0.3, -0.25) is 4.57 Å². The first-order valence-corrected chi connectivity index (χ1v) is 8.37. The average Bonchev–Trinajstić information content (AvgIpc) is 2.54. The minimum absolute atomic E-state index is 0.539. The molecule has 2 rings (SSSR count). The van der Waals surface area contributed by atoms with Gasteiger partial charge in [-0.15, -0.1) is 0 Å². The molecule has 0 aromatic heterocycles. The van der Waals surface area contributed by atoms with E-state index in [1.165, 1.54) is 14.2 Å². The topological polar surface area (TPSA) is 47.6 Å². The van der Waals surface area contributed by atoms with Crippen molar-refractivity contribution < 1.29 is 13.6 Å². The van der Waals surface area contributed by atoms with Crippen LogP contribution in [-0.2, 0) is 13.6 Å². The van der Waals surface area contributed by atoms with Gasteiger partial charge in [-0.1, -0.05) is 54.1 Å². The molecule has 2 aromatic carbocycles. The molecule has 6 heteroatoms. The van der Waals surface area contributed by atoms with E-state index in [4.69, 9.17) is 20.6 Å². The van der Waals surface area contributed by atoms with Crippen LogP contribution in [0.5, 0.6) is 0 Å². The molecule has 0 spiro atoms. The van der Waals surface area contributed by atoms with Crippen molar-refractivity contribution in [3.05, 3.63) is 65.2 Å². The summed E-state index contributed by atoms with van der Waals surface area (Å²) in [6, 6.07) is 16.6. The number of halogens is 1. The number of benzene rings is 2. The van der Waals surface area contributed by atoms with Crippen LogP contribution in [0.1, 0.15) is 11.3 Å². The summed E-state index contributed by atoms with van der Waals surface area (Å²) in [6.45, 7) is 0. The van der Waals surface area contributed by atoms with E-state index in [1.54, 1.807) is 6.07 Å².